The molecule has 0 amide bonds. The first kappa shape index (κ1) is 23.4. The Bertz CT molecular complexity index is 128. The zero-order chi connectivity index (χ0) is 13.4. The van der Waals surface area contributed by atoms with Crippen molar-refractivity contribution in [3.05, 3.63) is 0 Å². The normalized spacial score (nSPS) is 6.27. The number of hydrogen-bond acceptors (Lipinski definition) is 6. The van der Waals surface area contributed by atoms with Crippen molar-refractivity contribution in [1.82, 2.24) is 0 Å². The fourth-order valence-electron chi connectivity index (χ4n) is 0. The SMILES string of the molecule is CC(=O)[O-].CC(=O)[O-].CC(=O)[O-].CC[Si+3]. The number of hydrogen-bond donors (Lipinski definition) is 0. The van der Waals surface area contributed by atoms with Crippen LogP contribution in [0.15, 0.2) is 0 Å². The van der Waals surface area contributed by atoms with Gasteiger partial charge in [0, 0.05) is 17.9 Å². The van der Waals surface area contributed by atoms with Gasteiger partial charge in [-0.3, -0.25) is 0 Å². The van der Waals surface area contributed by atoms with Crippen LogP contribution in [0.4, 0.5) is 0 Å². The van der Waals surface area contributed by atoms with Crippen LogP contribution in [0, 0.1) is 0 Å². The van der Waals surface area contributed by atoms with Crippen LogP contribution in [0.3, 0.4) is 0 Å². The van der Waals surface area contributed by atoms with Gasteiger partial charge in [-0.15, -0.1) is 0 Å². The third-order valence-corrected chi connectivity index (χ3v) is 0. The molecule has 0 saturated carbocycles. The molecule has 0 aliphatic carbocycles. The Morgan fingerprint density at radius 1 is 0.867 bits per heavy atom. The third kappa shape index (κ3) is 756. The Hall–Kier alpha value is -1.37. The molecule has 0 aromatic rings. The molecule has 86 valence electrons. The van der Waals surface area contributed by atoms with Crippen LogP contribution in [-0.2, 0) is 14.4 Å². The molecular weight excluding hydrogens is 220 g/mol. The Labute approximate surface area is 92.3 Å². The summed E-state index contributed by atoms with van der Waals surface area (Å²) in [7, 11) is 3.18. The van der Waals surface area contributed by atoms with E-state index >= 15 is 0 Å². The Balaban J connectivity index is -0.0000000542. The molecule has 0 aromatic carbocycles. The van der Waals surface area contributed by atoms with Crippen LogP contribution in [0.25, 0.3) is 0 Å². The molecule has 0 unspecified atom stereocenters. The van der Waals surface area contributed by atoms with Crippen molar-refractivity contribution in [2.75, 3.05) is 0 Å². The summed E-state index contributed by atoms with van der Waals surface area (Å²) in [4.78, 5) is 26.7. The molecule has 0 aliphatic heterocycles. The van der Waals surface area contributed by atoms with Crippen LogP contribution in [0.1, 0.15) is 27.7 Å². The molecule has 0 fully saturated rings. The second-order valence-corrected chi connectivity index (χ2v) is 2.54. The van der Waals surface area contributed by atoms with Gasteiger partial charge >= 0.3 is 23.2 Å². The molecule has 0 saturated heterocycles. The number of carbonyl (C=O) groups excluding carboxylic acids is 3. The molecule has 0 aliphatic rings. The molecular formula is C8H14O6Si. The van der Waals surface area contributed by atoms with Gasteiger partial charge in [-0.2, -0.15) is 0 Å². The van der Waals surface area contributed by atoms with E-state index in [9.17, 15) is 0 Å². The van der Waals surface area contributed by atoms with E-state index in [1.807, 2.05) is 6.92 Å². The first-order chi connectivity index (χ1) is 6.61. The topological polar surface area (TPSA) is 120 Å². The average molecular weight is 234 g/mol. The minimum atomic E-state index is -1.08. The molecule has 7 heteroatoms. The van der Waals surface area contributed by atoms with Gasteiger partial charge in [0.2, 0.25) is 0 Å². The van der Waals surface area contributed by atoms with E-state index in [-0.39, 0.29) is 0 Å². The van der Waals surface area contributed by atoms with Crippen molar-refractivity contribution >= 4 is 28.2 Å². The number of aliphatic carboxylic acids is 3. The van der Waals surface area contributed by atoms with Gasteiger partial charge in [-0.05, 0) is 20.8 Å². The van der Waals surface area contributed by atoms with Gasteiger partial charge in [-0.25, -0.2) is 0 Å². The van der Waals surface area contributed by atoms with Gasteiger partial charge in [0.1, 0.15) is 0 Å². The minimum absolute atomic E-state index is 0.972. The Kier molecular flexibility index (Phi) is 35.8. The van der Waals surface area contributed by atoms with Crippen molar-refractivity contribution in [2.24, 2.45) is 0 Å². The molecule has 0 bridgehead atoms. The Morgan fingerprint density at radius 3 is 0.867 bits per heavy atom. The van der Waals surface area contributed by atoms with Gasteiger partial charge < -0.3 is 29.7 Å². The van der Waals surface area contributed by atoms with Crippen molar-refractivity contribution in [2.45, 2.75) is 33.7 Å². The van der Waals surface area contributed by atoms with Crippen molar-refractivity contribution in [1.29, 1.82) is 0 Å². The van der Waals surface area contributed by atoms with Crippen molar-refractivity contribution in [3.8, 4) is 0 Å². The Morgan fingerprint density at radius 2 is 0.867 bits per heavy atom. The molecule has 0 rings (SSSR count). The maximum absolute atomic E-state index is 8.89. The van der Waals surface area contributed by atoms with Gasteiger partial charge in [0.25, 0.3) is 0 Å². The quantitative estimate of drug-likeness (QED) is 0.408. The fourth-order valence-corrected chi connectivity index (χ4v) is 0. The summed E-state index contributed by atoms with van der Waals surface area (Å²) in [5.41, 5.74) is 0. The summed E-state index contributed by atoms with van der Waals surface area (Å²) >= 11 is 0. The van der Waals surface area contributed by atoms with E-state index in [0.29, 0.717) is 0 Å². The number of carboxylic acids is 3. The predicted octanol–water partition coefficient (Wildman–Crippen LogP) is -3.14. The molecule has 0 radical (unpaired) electrons. The van der Waals surface area contributed by atoms with Gasteiger partial charge in [0.05, 0.1) is 0 Å². The number of carboxylic acid groups (broad SMARTS) is 3. The summed E-state index contributed by atoms with van der Waals surface area (Å²) in [5.74, 6) is -3.25. The first-order valence-electron chi connectivity index (χ1n) is 3.79. The standard InChI is InChI=1S/3C2H4O2.C2H5Si/c3*1-2(3)4;1-2-3/h3*1H3,(H,3,4);2H2,1H3/q;;;+3/p-3. The van der Waals surface area contributed by atoms with E-state index < -0.39 is 17.9 Å². The summed E-state index contributed by atoms with van der Waals surface area (Å²) in [6, 6.07) is 1.06. The van der Waals surface area contributed by atoms with Gasteiger partial charge in [0.15, 0.2) is 0 Å². The summed E-state index contributed by atoms with van der Waals surface area (Å²) < 4.78 is 0. The zero-order valence-electron chi connectivity index (χ0n) is 9.16. The number of rotatable bonds is 0. The average Bonchev–Trinajstić information content (AvgIpc) is 1.81. The monoisotopic (exact) mass is 234 g/mol. The van der Waals surface area contributed by atoms with Gasteiger partial charge in [-0.1, -0.05) is 0 Å². The predicted molar refractivity (Wildman–Crippen MR) is 48.3 cm³/mol. The molecule has 0 spiro atoms. The van der Waals surface area contributed by atoms with Crippen molar-refractivity contribution < 1.29 is 29.7 Å². The summed E-state index contributed by atoms with van der Waals surface area (Å²) in [5, 5.41) is 26.7. The van der Waals surface area contributed by atoms with E-state index in [1.165, 1.54) is 0 Å². The summed E-state index contributed by atoms with van der Waals surface area (Å²) in [6.07, 6.45) is 0. The fraction of sp³-hybridized carbons (Fsp3) is 0.625. The second kappa shape index (κ2) is 22.9. The van der Waals surface area contributed by atoms with Crippen molar-refractivity contribution in [3.63, 3.8) is 0 Å². The second-order valence-electron chi connectivity index (χ2n) is 1.83. The first-order valence-corrected chi connectivity index (χ1v) is 4.49. The molecule has 0 N–H and O–H groups in total. The van der Waals surface area contributed by atoms with E-state index in [2.05, 4.69) is 10.2 Å². The van der Waals surface area contributed by atoms with E-state index in [4.69, 9.17) is 29.7 Å². The molecule has 0 heterocycles. The molecule has 6 nitrogen and oxygen atoms in total. The van der Waals surface area contributed by atoms with Crippen LogP contribution in [0.2, 0.25) is 6.04 Å². The summed E-state index contributed by atoms with van der Waals surface area (Å²) in [6.45, 7) is 4.96. The molecule has 0 atom stereocenters. The maximum atomic E-state index is 8.89. The third-order valence-electron chi connectivity index (χ3n) is 0. The zero-order valence-corrected chi connectivity index (χ0v) is 10.2. The molecule has 15 heavy (non-hydrogen) atoms. The van der Waals surface area contributed by atoms with E-state index in [0.717, 1.165) is 26.8 Å². The van der Waals surface area contributed by atoms with Crippen LogP contribution < -0.4 is 15.3 Å². The van der Waals surface area contributed by atoms with Crippen LogP contribution in [-0.4, -0.2) is 28.2 Å². The number of carbonyl (C=O) groups is 3. The molecule has 0 aromatic heterocycles. The van der Waals surface area contributed by atoms with Crippen LogP contribution in [0.5, 0.6) is 0 Å². The van der Waals surface area contributed by atoms with E-state index in [1.54, 1.807) is 0 Å². The van der Waals surface area contributed by atoms with Crippen LogP contribution >= 0.6 is 0 Å².